The van der Waals surface area contributed by atoms with E-state index in [-0.39, 0.29) is 6.04 Å². The number of hydrogen-bond acceptors (Lipinski definition) is 1. The quantitative estimate of drug-likeness (QED) is 0.751. The summed E-state index contributed by atoms with van der Waals surface area (Å²) in [5.74, 6) is 0. The third kappa shape index (κ3) is 4.26. The molecule has 1 atom stereocenters. The second kappa shape index (κ2) is 7.08. The van der Waals surface area contributed by atoms with Crippen molar-refractivity contribution in [3.05, 3.63) is 33.8 Å². The number of halogens is 1. The smallest absolute Gasteiger partial charge is 0.0306 e. The Kier molecular flexibility index (Phi) is 6.07. The van der Waals surface area contributed by atoms with Gasteiger partial charge in [-0.25, -0.2) is 0 Å². The second-order valence-electron chi connectivity index (χ2n) is 4.48. The number of aryl methyl sites for hydroxylation is 1. The molecule has 1 aromatic rings. The molecule has 2 N–H and O–H groups in total. The van der Waals surface area contributed by atoms with E-state index >= 15 is 0 Å². The molecule has 0 aliphatic carbocycles. The molecular weight excluding hydrogens is 262 g/mol. The maximum atomic E-state index is 6.22. The number of unbranched alkanes of at least 4 members (excludes halogenated alkanes) is 3. The number of benzene rings is 1. The van der Waals surface area contributed by atoms with Gasteiger partial charge in [0.1, 0.15) is 0 Å². The maximum Gasteiger partial charge on any atom is 0.0306 e. The molecule has 0 aliphatic heterocycles. The Morgan fingerprint density at radius 3 is 2.69 bits per heavy atom. The van der Waals surface area contributed by atoms with Crippen molar-refractivity contribution in [3.8, 4) is 0 Å². The van der Waals surface area contributed by atoms with Crippen LogP contribution in [0.2, 0.25) is 0 Å². The van der Waals surface area contributed by atoms with Crippen LogP contribution in [-0.2, 0) is 0 Å². The summed E-state index contributed by atoms with van der Waals surface area (Å²) in [6.07, 6.45) is 6.22. The van der Waals surface area contributed by atoms with Gasteiger partial charge in [0.05, 0.1) is 0 Å². The largest absolute Gasteiger partial charge is 0.324 e. The Morgan fingerprint density at radius 2 is 2.00 bits per heavy atom. The highest BCUT2D eigenvalue weighted by Crippen LogP contribution is 2.26. The van der Waals surface area contributed by atoms with Gasteiger partial charge in [-0.3, -0.25) is 0 Å². The number of nitrogens with two attached hydrogens (primary N) is 1. The molecule has 1 aromatic carbocycles. The average molecular weight is 284 g/mol. The Balaban J connectivity index is 2.51. The molecule has 0 amide bonds. The van der Waals surface area contributed by atoms with Crippen LogP contribution in [0.25, 0.3) is 0 Å². The predicted molar refractivity (Wildman–Crippen MR) is 74.6 cm³/mol. The van der Waals surface area contributed by atoms with Crippen molar-refractivity contribution in [1.82, 2.24) is 0 Å². The van der Waals surface area contributed by atoms with E-state index in [1.165, 1.54) is 36.8 Å². The van der Waals surface area contributed by atoms with Gasteiger partial charge in [0.15, 0.2) is 0 Å². The zero-order valence-electron chi connectivity index (χ0n) is 10.3. The van der Waals surface area contributed by atoms with Crippen LogP contribution in [-0.4, -0.2) is 0 Å². The van der Waals surface area contributed by atoms with Crippen LogP contribution in [0.3, 0.4) is 0 Å². The van der Waals surface area contributed by atoms with Gasteiger partial charge < -0.3 is 5.73 Å². The summed E-state index contributed by atoms with van der Waals surface area (Å²) in [5, 5.41) is 0. The molecule has 0 bridgehead atoms. The summed E-state index contributed by atoms with van der Waals surface area (Å²) in [5.41, 5.74) is 8.74. The first kappa shape index (κ1) is 13.7. The molecule has 0 radical (unpaired) electrons. The summed E-state index contributed by atoms with van der Waals surface area (Å²) in [6.45, 7) is 4.34. The van der Waals surface area contributed by atoms with E-state index in [4.69, 9.17) is 5.73 Å². The highest BCUT2D eigenvalue weighted by atomic mass is 79.9. The summed E-state index contributed by atoms with van der Waals surface area (Å²) < 4.78 is 1.14. The molecule has 1 nitrogen and oxygen atoms in total. The average Bonchev–Trinajstić information content (AvgIpc) is 2.27. The third-order valence-corrected chi connectivity index (χ3v) is 3.64. The molecule has 0 heterocycles. The Labute approximate surface area is 108 Å². The first-order chi connectivity index (χ1) is 7.65. The van der Waals surface area contributed by atoms with Crippen molar-refractivity contribution in [3.63, 3.8) is 0 Å². The molecule has 16 heavy (non-hydrogen) atoms. The van der Waals surface area contributed by atoms with Gasteiger partial charge in [-0.1, -0.05) is 66.2 Å². The van der Waals surface area contributed by atoms with Crippen molar-refractivity contribution in [1.29, 1.82) is 0 Å². The standard InChI is InChI=1S/C14H22BrN/c1-3-4-5-6-7-14(16)12-10-11(2)8-9-13(12)15/h8-10,14H,3-7,16H2,1-2H3. The molecular formula is C14H22BrN. The van der Waals surface area contributed by atoms with Crippen molar-refractivity contribution in [2.45, 2.75) is 52.0 Å². The van der Waals surface area contributed by atoms with Crippen molar-refractivity contribution in [2.75, 3.05) is 0 Å². The normalized spacial score (nSPS) is 12.8. The van der Waals surface area contributed by atoms with Gasteiger partial charge in [0.2, 0.25) is 0 Å². The van der Waals surface area contributed by atoms with Gasteiger partial charge in [-0.15, -0.1) is 0 Å². The predicted octanol–water partition coefficient (Wildman–Crippen LogP) is 4.73. The van der Waals surface area contributed by atoms with Crippen LogP contribution in [0.4, 0.5) is 0 Å². The van der Waals surface area contributed by atoms with Gasteiger partial charge in [0.25, 0.3) is 0 Å². The highest BCUT2D eigenvalue weighted by Gasteiger charge is 2.09. The SMILES string of the molecule is CCCCCCC(N)c1cc(C)ccc1Br. The van der Waals surface area contributed by atoms with E-state index in [0.717, 1.165) is 10.9 Å². The zero-order chi connectivity index (χ0) is 12.0. The Bertz CT molecular complexity index is 323. The Hall–Kier alpha value is -0.340. The fourth-order valence-corrected chi connectivity index (χ4v) is 2.43. The molecule has 1 rings (SSSR count). The molecule has 2 heteroatoms. The van der Waals surface area contributed by atoms with Crippen molar-refractivity contribution >= 4 is 15.9 Å². The molecule has 0 saturated heterocycles. The summed E-state index contributed by atoms with van der Waals surface area (Å²) in [4.78, 5) is 0. The zero-order valence-corrected chi connectivity index (χ0v) is 11.9. The van der Waals surface area contributed by atoms with E-state index in [2.05, 4.69) is 48.0 Å². The van der Waals surface area contributed by atoms with Crippen LogP contribution in [0.15, 0.2) is 22.7 Å². The van der Waals surface area contributed by atoms with E-state index in [0.29, 0.717) is 0 Å². The fourth-order valence-electron chi connectivity index (χ4n) is 1.89. The number of rotatable bonds is 6. The maximum absolute atomic E-state index is 6.22. The molecule has 0 aliphatic rings. The molecule has 90 valence electrons. The monoisotopic (exact) mass is 283 g/mol. The lowest BCUT2D eigenvalue weighted by molar-refractivity contribution is 0.564. The second-order valence-corrected chi connectivity index (χ2v) is 5.34. The van der Waals surface area contributed by atoms with Gasteiger partial charge in [-0.05, 0) is 25.0 Å². The summed E-state index contributed by atoms with van der Waals surface area (Å²) in [7, 11) is 0. The van der Waals surface area contributed by atoms with Crippen molar-refractivity contribution < 1.29 is 0 Å². The highest BCUT2D eigenvalue weighted by molar-refractivity contribution is 9.10. The lowest BCUT2D eigenvalue weighted by Crippen LogP contribution is -2.11. The summed E-state index contributed by atoms with van der Waals surface area (Å²) in [6, 6.07) is 6.56. The lowest BCUT2D eigenvalue weighted by Gasteiger charge is -2.14. The van der Waals surface area contributed by atoms with Crippen LogP contribution in [0.1, 0.15) is 56.2 Å². The first-order valence-corrected chi connectivity index (χ1v) is 6.96. The third-order valence-electron chi connectivity index (χ3n) is 2.92. The fraction of sp³-hybridized carbons (Fsp3) is 0.571. The van der Waals surface area contributed by atoms with E-state index in [1.807, 2.05) is 0 Å². The molecule has 0 saturated carbocycles. The van der Waals surface area contributed by atoms with Gasteiger partial charge >= 0.3 is 0 Å². The molecule has 0 aromatic heterocycles. The van der Waals surface area contributed by atoms with Gasteiger partial charge in [-0.2, -0.15) is 0 Å². The van der Waals surface area contributed by atoms with E-state index < -0.39 is 0 Å². The molecule has 0 spiro atoms. The topological polar surface area (TPSA) is 26.0 Å². The minimum absolute atomic E-state index is 0.172. The number of hydrogen-bond donors (Lipinski definition) is 1. The Morgan fingerprint density at radius 1 is 1.25 bits per heavy atom. The van der Waals surface area contributed by atoms with E-state index in [9.17, 15) is 0 Å². The lowest BCUT2D eigenvalue weighted by atomic mass is 9.99. The summed E-state index contributed by atoms with van der Waals surface area (Å²) >= 11 is 3.57. The minimum atomic E-state index is 0.172. The van der Waals surface area contributed by atoms with Crippen LogP contribution >= 0.6 is 15.9 Å². The molecule has 1 unspecified atom stereocenters. The van der Waals surface area contributed by atoms with Gasteiger partial charge in [0, 0.05) is 10.5 Å². The van der Waals surface area contributed by atoms with Crippen LogP contribution in [0.5, 0.6) is 0 Å². The first-order valence-electron chi connectivity index (χ1n) is 6.16. The molecule has 0 fully saturated rings. The van der Waals surface area contributed by atoms with Crippen LogP contribution < -0.4 is 5.73 Å². The van der Waals surface area contributed by atoms with Crippen molar-refractivity contribution in [2.24, 2.45) is 5.73 Å². The van der Waals surface area contributed by atoms with E-state index in [1.54, 1.807) is 0 Å². The minimum Gasteiger partial charge on any atom is -0.324 e. The van der Waals surface area contributed by atoms with Crippen LogP contribution in [0, 0.1) is 6.92 Å².